The fourth-order valence-corrected chi connectivity index (χ4v) is 2.79. The summed E-state index contributed by atoms with van der Waals surface area (Å²) in [4.78, 5) is 0. The molecule has 1 aliphatic carbocycles. The second-order valence-corrected chi connectivity index (χ2v) is 6.42. The Bertz CT molecular complexity index is 377. The molecule has 0 radical (unpaired) electrons. The number of halogens is 1. The summed E-state index contributed by atoms with van der Waals surface area (Å²) >= 11 is 3.42. The molecule has 2 rings (SSSR count). The molecule has 1 saturated carbocycles. The summed E-state index contributed by atoms with van der Waals surface area (Å²) in [6.45, 7) is 1.79. The average Bonchev–Trinajstić information content (AvgIpc) is 2.48. The second kappa shape index (κ2) is 8.78. The molecule has 0 amide bonds. The SMILES string of the molecule is OC(CNCc1ccc(Br)cc1)COC1CCCCC1. The molecule has 0 bridgehead atoms. The lowest BCUT2D eigenvalue weighted by atomic mass is 9.98. The van der Waals surface area contributed by atoms with Crippen molar-refractivity contribution in [3.05, 3.63) is 34.3 Å². The van der Waals surface area contributed by atoms with Crippen LogP contribution in [0.15, 0.2) is 28.7 Å². The molecule has 1 aliphatic rings. The number of hydrogen-bond acceptors (Lipinski definition) is 3. The summed E-state index contributed by atoms with van der Waals surface area (Å²) in [7, 11) is 0. The van der Waals surface area contributed by atoms with Gasteiger partial charge < -0.3 is 15.2 Å². The number of rotatable bonds is 7. The predicted octanol–water partition coefficient (Wildman–Crippen LogP) is 3.25. The Balaban J connectivity index is 1.57. The number of nitrogens with one attached hydrogen (secondary N) is 1. The molecule has 2 N–H and O–H groups in total. The van der Waals surface area contributed by atoms with Gasteiger partial charge in [-0.3, -0.25) is 0 Å². The van der Waals surface area contributed by atoms with Gasteiger partial charge in [-0.2, -0.15) is 0 Å². The van der Waals surface area contributed by atoms with E-state index in [2.05, 4.69) is 33.4 Å². The van der Waals surface area contributed by atoms with Crippen LogP contribution < -0.4 is 5.32 Å². The standard InChI is InChI=1S/C16H24BrNO2/c17-14-8-6-13(7-9-14)10-18-11-15(19)12-20-16-4-2-1-3-5-16/h6-9,15-16,18-19H,1-5,10-12H2. The molecular weight excluding hydrogens is 318 g/mol. The molecule has 4 heteroatoms. The fraction of sp³-hybridized carbons (Fsp3) is 0.625. The first-order valence-corrected chi connectivity index (χ1v) is 8.28. The van der Waals surface area contributed by atoms with Gasteiger partial charge in [0.2, 0.25) is 0 Å². The number of aliphatic hydroxyl groups is 1. The maximum atomic E-state index is 9.91. The minimum Gasteiger partial charge on any atom is -0.389 e. The third-order valence-corrected chi connectivity index (χ3v) is 4.23. The summed E-state index contributed by atoms with van der Waals surface area (Å²) in [5, 5.41) is 13.2. The Morgan fingerprint density at radius 2 is 1.90 bits per heavy atom. The molecule has 0 aliphatic heterocycles. The van der Waals surface area contributed by atoms with Crippen molar-refractivity contribution < 1.29 is 9.84 Å². The van der Waals surface area contributed by atoms with Crippen LogP contribution in [-0.2, 0) is 11.3 Å². The highest BCUT2D eigenvalue weighted by Gasteiger charge is 2.15. The van der Waals surface area contributed by atoms with E-state index in [9.17, 15) is 5.11 Å². The smallest absolute Gasteiger partial charge is 0.0897 e. The third kappa shape index (κ3) is 5.92. The van der Waals surface area contributed by atoms with Gasteiger partial charge in [-0.05, 0) is 30.5 Å². The predicted molar refractivity (Wildman–Crippen MR) is 84.7 cm³/mol. The first-order valence-electron chi connectivity index (χ1n) is 7.49. The van der Waals surface area contributed by atoms with Crippen LogP contribution in [0.3, 0.4) is 0 Å². The highest BCUT2D eigenvalue weighted by atomic mass is 79.9. The van der Waals surface area contributed by atoms with Crippen LogP contribution in [0.5, 0.6) is 0 Å². The van der Waals surface area contributed by atoms with Gasteiger partial charge in [-0.15, -0.1) is 0 Å². The summed E-state index contributed by atoms with van der Waals surface area (Å²) < 4.78 is 6.85. The minimum atomic E-state index is -0.424. The number of ether oxygens (including phenoxy) is 1. The van der Waals surface area contributed by atoms with Gasteiger partial charge in [0.25, 0.3) is 0 Å². The van der Waals surface area contributed by atoms with E-state index >= 15 is 0 Å². The van der Waals surface area contributed by atoms with Crippen molar-refractivity contribution in [1.82, 2.24) is 5.32 Å². The van der Waals surface area contributed by atoms with E-state index in [0.29, 0.717) is 19.3 Å². The molecule has 112 valence electrons. The van der Waals surface area contributed by atoms with Gasteiger partial charge in [-0.1, -0.05) is 47.3 Å². The summed E-state index contributed by atoms with van der Waals surface area (Å²) in [6, 6.07) is 8.20. The topological polar surface area (TPSA) is 41.5 Å². The largest absolute Gasteiger partial charge is 0.389 e. The second-order valence-electron chi connectivity index (χ2n) is 5.50. The summed E-state index contributed by atoms with van der Waals surface area (Å²) in [5.41, 5.74) is 1.22. The normalized spacial score (nSPS) is 18.1. The van der Waals surface area contributed by atoms with Crippen LogP contribution in [0.2, 0.25) is 0 Å². The lowest BCUT2D eigenvalue weighted by Gasteiger charge is -2.23. The van der Waals surface area contributed by atoms with Crippen LogP contribution in [0.25, 0.3) is 0 Å². The number of hydrogen-bond donors (Lipinski definition) is 2. The summed E-state index contributed by atoms with van der Waals surface area (Å²) in [6.07, 6.45) is 6.11. The van der Waals surface area contributed by atoms with Gasteiger partial charge >= 0.3 is 0 Å². The van der Waals surface area contributed by atoms with Crippen molar-refractivity contribution in [3.63, 3.8) is 0 Å². The average molecular weight is 342 g/mol. The zero-order chi connectivity index (χ0) is 14.2. The van der Waals surface area contributed by atoms with Crippen LogP contribution in [0.4, 0.5) is 0 Å². The Morgan fingerprint density at radius 1 is 1.20 bits per heavy atom. The van der Waals surface area contributed by atoms with E-state index in [1.165, 1.54) is 24.8 Å². The van der Waals surface area contributed by atoms with Crippen LogP contribution >= 0.6 is 15.9 Å². The van der Waals surface area contributed by atoms with Crippen molar-refractivity contribution in [3.8, 4) is 0 Å². The fourth-order valence-electron chi connectivity index (χ4n) is 2.52. The lowest BCUT2D eigenvalue weighted by molar-refractivity contribution is -0.0230. The first-order chi connectivity index (χ1) is 9.74. The Hall–Kier alpha value is -0.420. The summed E-state index contributed by atoms with van der Waals surface area (Å²) in [5.74, 6) is 0. The molecule has 1 aromatic carbocycles. The van der Waals surface area contributed by atoms with Crippen molar-refractivity contribution in [2.75, 3.05) is 13.2 Å². The molecule has 3 nitrogen and oxygen atoms in total. The molecule has 0 saturated heterocycles. The number of benzene rings is 1. The van der Waals surface area contributed by atoms with Gasteiger partial charge in [-0.25, -0.2) is 0 Å². The van der Waals surface area contributed by atoms with Gasteiger partial charge in [0.05, 0.1) is 18.8 Å². The van der Waals surface area contributed by atoms with Crippen LogP contribution in [-0.4, -0.2) is 30.5 Å². The molecule has 20 heavy (non-hydrogen) atoms. The molecule has 1 atom stereocenters. The first kappa shape index (κ1) is 16.0. The van der Waals surface area contributed by atoms with E-state index in [1.54, 1.807) is 0 Å². The van der Waals surface area contributed by atoms with E-state index in [0.717, 1.165) is 23.9 Å². The molecule has 1 unspecified atom stereocenters. The lowest BCUT2D eigenvalue weighted by Crippen LogP contribution is -2.32. The van der Waals surface area contributed by atoms with Gasteiger partial charge in [0, 0.05) is 17.6 Å². The van der Waals surface area contributed by atoms with Crippen molar-refractivity contribution >= 4 is 15.9 Å². The monoisotopic (exact) mass is 341 g/mol. The van der Waals surface area contributed by atoms with Crippen LogP contribution in [0, 0.1) is 0 Å². The van der Waals surface area contributed by atoms with E-state index in [-0.39, 0.29) is 0 Å². The minimum absolute atomic E-state index is 0.366. The maximum Gasteiger partial charge on any atom is 0.0897 e. The molecule has 0 spiro atoms. The quantitative estimate of drug-likeness (QED) is 0.799. The van der Waals surface area contributed by atoms with Gasteiger partial charge in [0.15, 0.2) is 0 Å². The van der Waals surface area contributed by atoms with E-state index in [1.807, 2.05) is 12.1 Å². The van der Waals surface area contributed by atoms with E-state index < -0.39 is 6.10 Å². The van der Waals surface area contributed by atoms with Crippen LogP contribution in [0.1, 0.15) is 37.7 Å². The Kier molecular flexibility index (Phi) is 7.00. The zero-order valence-corrected chi connectivity index (χ0v) is 13.4. The zero-order valence-electron chi connectivity index (χ0n) is 11.9. The van der Waals surface area contributed by atoms with Crippen molar-refractivity contribution in [2.24, 2.45) is 0 Å². The Morgan fingerprint density at radius 3 is 2.60 bits per heavy atom. The molecule has 1 fully saturated rings. The van der Waals surface area contributed by atoms with Gasteiger partial charge in [0.1, 0.15) is 0 Å². The maximum absolute atomic E-state index is 9.91. The van der Waals surface area contributed by atoms with E-state index in [4.69, 9.17) is 4.74 Å². The van der Waals surface area contributed by atoms with Crippen molar-refractivity contribution in [1.29, 1.82) is 0 Å². The molecule has 0 heterocycles. The van der Waals surface area contributed by atoms with Crippen molar-refractivity contribution in [2.45, 2.75) is 50.9 Å². The Labute approximate surface area is 129 Å². The molecule has 1 aromatic rings. The highest BCUT2D eigenvalue weighted by Crippen LogP contribution is 2.20. The highest BCUT2D eigenvalue weighted by molar-refractivity contribution is 9.10. The molecular formula is C16H24BrNO2. The third-order valence-electron chi connectivity index (χ3n) is 3.70. The number of aliphatic hydroxyl groups excluding tert-OH is 1. The molecule has 0 aromatic heterocycles.